The maximum absolute atomic E-state index is 11.2. The number of unbranched alkanes of at least 4 members (excludes halogenated alkanes) is 7. The molecule has 2 nitrogen and oxygen atoms in total. The fourth-order valence-corrected chi connectivity index (χ4v) is 2.38. The predicted octanol–water partition coefficient (Wildman–Crippen LogP) is 3.21. The van der Waals surface area contributed by atoms with Crippen molar-refractivity contribution in [1.29, 1.82) is 0 Å². The molecule has 0 saturated heterocycles. The summed E-state index contributed by atoms with van der Waals surface area (Å²) in [5.41, 5.74) is -0.658. The van der Waals surface area contributed by atoms with Crippen LogP contribution in [0.4, 0.5) is 0 Å². The molecule has 15 heavy (non-hydrogen) atoms. The van der Waals surface area contributed by atoms with Gasteiger partial charge < -0.3 is 5.11 Å². The minimum absolute atomic E-state index is 0.658. The summed E-state index contributed by atoms with van der Waals surface area (Å²) >= 11 is 0. The zero-order valence-electron chi connectivity index (χ0n) is 10.2. The summed E-state index contributed by atoms with van der Waals surface area (Å²) in [7, 11) is -1.03. The van der Waals surface area contributed by atoms with Crippen molar-refractivity contribution in [3.8, 4) is 0 Å². The topological polar surface area (TPSA) is 37.3 Å². The lowest BCUT2D eigenvalue weighted by molar-refractivity contribution is 0.276. The van der Waals surface area contributed by atoms with E-state index in [1.165, 1.54) is 38.5 Å². The first kappa shape index (κ1) is 15.1. The highest BCUT2D eigenvalue weighted by molar-refractivity contribution is 7.85. The van der Waals surface area contributed by atoms with Crippen LogP contribution in [0.2, 0.25) is 0 Å². The van der Waals surface area contributed by atoms with Gasteiger partial charge in [-0.25, -0.2) is 0 Å². The van der Waals surface area contributed by atoms with Crippen LogP contribution in [0.15, 0.2) is 0 Å². The van der Waals surface area contributed by atoms with E-state index in [1.54, 1.807) is 6.92 Å². The molecule has 0 heterocycles. The van der Waals surface area contributed by atoms with E-state index >= 15 is 0 Å². The number of rotatable bonds is 10. The van der Waals surface area contributed by atoms with Gasteiger partial charge in [0.05, 0.1) is 0 Å². The van der Waals surface area contributed by atoms with Crippen LogP contribution in [0.25, 0.3) is 0 Å². The number of aliphatic hydroxyl groups excluding tert-OH is 1. The third kappa shape index (κ3) is 10.4. The molecule has 3 heteroatoms. The summed E-state index contributed by atoms with van der Waals surface area (Å²) in [6.45, 7) is 3.83. The van der Waals surface area contributed by atoms with Crippen LogP contribution in [0, 0.1) is 0 Å². The Balaban J connectivity index is 3.08. The Morgan fingerprint density at radius 2 is 1.47 bits per heavy atom. The Labute approximate surface area is 96.9 Å². The first-order chi connectivity index (χ1) is 7.18. The zero-order valence-corrected chi connectivity index (χ0v) is 11.0. The van der Waals surface area contributed by atoms with Crippen LogP contribution < -0.4 is 0 Å². The Morgan fingerprint density at radius 1 is 1.00 bits per heavy atom. The molecule has 0 aliphatic heterocycles. The van der Waals surface area contributed by atoms with Crippen molar-refractivity contribution >= 4 is 10.8 Å². The third-order valence-electron chi connectivity index (χ3n) is 2.58. The maximum Gasteiger partial charge on any atom is 0.126 e. The quantitative estimate of drug-likeness (QED) is 0.589. The van der Waals surface area contributed by atoms with Crippen LogP contribution in [0.5, 0.6) is 0 Å². The molecule has 0 aromatic rings. The predicted molar refractivity (Wildman–Crippen MR) is 67.3 cm³/mol. The molecule has 0 radical (unpaired) electrons. The van der Waals surface area contributed by atoms with Gasteiger partial charge in [0.15, 0.2) is 0 Å². The standard InChI is InChI=1S/C12H26O2S/c1-3-4-5-6-7-8-9-10-11-15(14)12(2)13/h12-13H,3-11H2,1-2H3. The molecule has 0 bridgehead atoms. The molecular weight excluding hydrogens is 208 g/mol. The lowest BCUT2D eigenvalue weighted by atomic mass is 10.1. The van der Waals surface area contributed by atoms with Gasteiger partial charge in [0, 0.05) is 16.6 Å². The minimum atomic E-state index is -1.03. The van der Waals surface area contributed by atoms with Crippen LogP contribution >= 0.6 is 0 Å². The summed E-state index contributed by atoms with van der Waals surface area (Å²) < 4.78 is 11.2. The van der Waals surface area contributed by atoms with Gasteiger partial charge in [-0.2, -0.15) is 0 Å². The van der Waals surface area contributed by atoms with Gasteiger partial charge in [0.1, 0.15) is 5.44 Å². The number of aliphatic hydroxyl groups is 1. The van der Waals surface area contributed by atoms with Crippen molar-refractivity contribution in [2.45, 2.75) is 70.7 Å². The normalized spacial score (nSPS) is 15.1. The highest BCUT2D eigenvalue weighted by atomic mass is 32.2. The summed E-state index contributed by atoms with van der Waals surface area (Å²) in [6.07, 6.45) is 10.1. The summed E-state index contributed by atoms with van der Waals surface area (Å²) in [5.74, 6) is 0.659. The van der Waals surface area contributed by atoms with E-state index in [2.05, 4.69) is 6.92 Å². The van der Waals surface area contributed by atoms with Crippen LogP contribution in [0.1, 0.15) is 65.2 Å². The van der Waals surface area contributed by atoms with E-state index in [1.807, 2.05) is 0 Å². The molecule has 0 fully saturated rings. The van der Waals surface area contributed by atoms with Gasteiger partial charge in [-0.1, -0.05) is 51.9 Å². The molecule has 0 amide bonds. The van der Waals surface area contributed by atoms with Crippen molar-refractivity contribution < 1.29 is 9.32 Å². The monoisotopic (exact) mass is 234 g/mol. The molecule has 0 aliphatic rings. The van der Waals surface area contributed by atoms with Gasteiger partial charge in [-0.15, -0.1) is 0 Å². The van der Waals surface area contributed by atoms with Crippen molar-refractivity contribution in [3.05, 3.63) is 0 Å². The summed E-state index contributed by atoms with van der Waals surface area (Å²) in [5, 5.41) is 9.02. The van der Waals surface area contributed by atoms with Gasteiger partial charge in [0.2, 0.25) is 0 Å². The highest BCUT2D eigenvalue weighted by Gasteiger charge is 2.05. The Kier molecular flexibility index (Phi) is 10.7. The molecule has 0 saturated carbocycles. The van der Waals surface area contributed by atoms with Crippen LogP contribution in [-0.4, -0.2) is 20.5 Å². The van der Waals surface area contributed by atoms with E-state index in [-0.39, 0.29) is 0 Å². The maximum atomic E-state index is 11.2. The molecule has 0 spiro atoms. The second-order valence-electron chi connectivity index (χ2n) is 4.16. The van der Waals surface area contributed by atoms with Crippen molar-refractivity contribution in [3.63, 3.8) is 0 Å². The zero-order chi connectivity index (χ0) is 11.5. The number of hydrogen-bond donors (Lipinski definition) is 1. The molecule has 1 N–H and O–H groups in total. The molecule has 0 aromatic carbocycles. The molecular formula is C12H26O2S. The van der Waals surface area contributed by atoms with E-state index in [0.29, 0.717) is 5.75 Å². The smallest absolute Gasteiger partial charge is 0.126 e. The molecule has 0 rings (SSSR count). The Morgan fingerprint density at radius 3 is 1.93 bits per heavy atom. The average Bonchev–Trinajstić information content (AvgIpc) is 2.21. The SMILES string of the molecule is CCCCCCCCCCS(=O)C(C)O. The first-order valence-corrected chi connectivity index (χ1v) is 7.62. The molecule has 0 aliphatic carbocycles. The van der Waals surface area contributed by atoms with E-state index in [4.69, 9.17) is 5.11 Å². The Bertz CT molecular complexity index is 158. The molecule has 2 atom stereocenters. The van der Waals surface area contributed by atoms with Gasteiger partial charge in [0.25, 0.3) is 0 Å². The van der Waals surface area contributed by atoms with Gasteiger partial charge in [-0.3, -0.25) is 4.21 Å². The largest absolute Gasteiger partial charge is 0.380 e. The fourth-order valence-electron chi connectivity index (χ4n) is 1.55. The van der Waals surface area contributed by atoms with Crippen molar-refractivity contribution in [1.82, 2.24) is 0 Å². The van der Waals surface area contributed by atoms with E-state index < -0.39 is 16.2 Å². The highest BCUT2D eigenvalue weighted by Crippen LogP contribution is 2.09. The molecule has 92 valence electrons. The van der Waals surface area contributed by atoms with Crippen LogP contribution in [-0.2, 0) is 10.8 Å². The van der Waals surface area contributed by atoms with E-state index in [9.17, 15) is 4.21 Å². The lowest BCUT2D eigenvalue weighted by Crippen LogP contribution is -2.12. The van der Waals surface area contributed by atoms with Gasteiger partial charge in [-0.05, 0) is 13.3 Å². The molecule has 0 aromatic heterocycles. The fraction of sp³-hybridized carbons (Fsp3) is 1.00. The molecule has 2 unspecified atom stereocenters. The van der Waals surface area contributed by atoms with Crippen molar-refractivity contribution in [2.24, 2.45) is 0 Å². The minimum Gasteiger partial charge on any atom is -0.380 e. The Hall–Kier alpha value is 0.110. The third-order valence-corrected chi connectivity index (χ3v) is 4.03. The second kappa shape index (κ2) is 10.6. The van der Waals surface area contributed by atoms with Crippen molar-refractivity contribution in [2.75, 3.05) is 5.75 Å². The number of hydrogen-bond acceptors (Lipinski definition) is 2. The van der Waals surface area contributed by atoms with Crippen LogP contribution in [0.3, 0.4) is 0 Å². The summed E-state index contributed by atoms with van der Waals surface area (Å²) in [4.78, 5) is 0. The summed E-state index contributed by atoms with van der Waals surface area (Å²) in [6, 6.07) is 0. The van der Waals surface area contributed by atoms with E-state index in [0.717, 1.165) is 12.8 Å². The lowest BCUT2D eigenvalue weighted by Gasteiger charge is -2.04. The first-order valence-electron chi connectivity index (χ1n) is 6.23. The average molecular weight is 234 g/mol. The van der Waals surface area contributed by atoms with Gasteiger partial charge >= 0.3 is 0 Å². The second-order valence-corrected chi connectivity index (χ2v) is 6.01.